The van der Waals surface area contributed by atoms with E-state index < -0.39 is 0 Å². The first-order valence-corrected chi connectivity index (χ1v) is 7.12. The number of anilines is 2. The van der Waals surface area contributed by atoms with Crippen LogP contribution in [0.1, 0.15) is 32.6 Å². The van der Waals surface area contributed by atoms with Crippen LogP contribution < -0.4 is 10.6 Å². The van der Waals surface area contributed by atoms with Crippen LogP contribution in [0.2, 0.25) is 5.02 Å². The molecule has 2 N–H and O–H groups in total. The second-order valence-electron chi connectivity index (χ2n) is 4.91. The summed E-state index contributed by atoms with van der Waals surface area (Å²) in [5, 5.41) is 6.96. The van der Waals surface area contributed by atoms with Crippen LogP contribution in [0.5, 0.6) is 0 Å². The number of aromatic nitrogens is 2. The highest BCUT2D eigenvalue weighted by Gasteiger charge is 2.36. The SMILES string of the molecule is CCCNc1ncc(Cl)c(NCC2(OC)CCC2)n1. The van der Waals surface area contributed by atoms with E-state index >= 15 is 0 Å². The van der Waals surface area contributed by atoms with Crippen LogP contribution in [0.3, 0.4) is 0 Å². The first kappa shape index (κ1) is 14.3. The molecule has 5 nitrogen and oxygen atoms in total. The van der Waals surface area contributed by atoms with Crippen molar-refractivity contribution in [3.8, 4) is 0 Å². The van der Waals surface area contributed by atoms with E-state index in [9.17, 15) is 0 Å². The molecule has 2 rings (SSSR count). The predicted octanol–water partition coefficient (Wildman–Crippen LogP) is 2.93. The molecule has 1 fully saturated rings. The molecule has 1 heterocycles. The topological polar surface area (TPSA) is 59.1 Å². The van der Waals surface area contributed by atoms with Crippen molar-refractivity contribution in [1.29, 1.82) is 0 Å². The maximum absolute atomic E-state index is 6.11. The van der Waals surface area contributed by atoms with E-state index in [1.165, 1.54) is 6.42 Å². The van der Waals surface area contributed by atoms with Crippen molar-refractivity contribution < 1.29 is 4.74 Å². The molecule has 0 atom stereocenters. The molecule has 19 heavy (non-hydrogen) atoms. The molecule has 6 heteroatoms. The van der Waals surface area contributed by atoms with Crippen molar-refractivity contribution in [2.24, 2.45) is 0 Å². The van der Waals surface area contributed by atoms with Crippen LogP contribution in [0.25, 0.3) is 0 Å². The van der Waals surface area contributed by atoms with Gasteiger partial charge in [-0.05, 0) is 25.7 Å². The Bertz CT molecular complexity index is 418. The van der Waals surface area contributed by atoms with Gasteiger partial charge in [0.25, 0.3) is 0 Å². The standard InChI is InChI=1S/C13H21ClN4O/c1-3-7-15-12-16-8-10(14)11(18-12)17-9-13(19-2)5-4-6-13/h8H,3-7,9H2,1-2H3,(H2,15,16,17,18). The quantitative estimate of drug-likeness (QED) is 0.806. The van der Waals surface area contributed by atoms with Gasteiger partial charge in [0.2, 0.25) is 5.95 Å². The van der Waals surface area contributed by atoms with Crippen LogP contribution in [0.4, 0.5) is 11.8 Å². The fourth-order valence-electron chi connectivity index (χ4n) is 2.08. The van der Waals surface area contributed by atoms with Crippen LogP contribution >= 0.6 is 11.6 Å². The summed E-state index contributed by atoms with van der Waals surface area (Å²) in [6.45, 7) is 3.68. The number of methoxy groups -OCH3 is 1. The summed E-state index contributed by atoms with van der Waals surface area (Å²) in [4.78, 5) is 8.53. The first-order chi connectivity index (χ1) is 9.19. The van der Waals surface area contributed by atoms with Crippen molar-refractivity contribution in [3.05, 3.63) is 11.2 Å². The minimum absolute atomic E-state index is 0.0503. The lowest BCUT2D eigenvalue weighted by Crippen LogP contribution is -2.45. The average Bonchev–Trinajstić information content (AvgIpc) is 2.38. The third-order valence-corrected chi connectivity index (χ3v) is 3.83. The Morgan fingerprint density at radius 1 is 1.42 bits per heavy atom. The Morgan fingerprint density at radius 2 is 2.21 bits per heavy atom. The van der Waals surface area contributed by atoms with Gasteiger partial charge in [-0.25, -0.2) is 4.98 Å². The van der Waals surface area contributed by atoms with E-state index in [0.717, 1.165) is 32.4 Å². The summed E-state index contributed by atoms with van der Waals surface area (Å²) in [6, 6.07) is 0. The van der Waals surface area contributed by atoms with Crippen LogP contribution in [0, 0.1) is 0 Å². The van der Waals surface area contributed by atoms with E-state index in [0.29, 0.717) is 16.8 Å². The lowest BCUT2D eigenvalue weighted by atomic mass is 9.80. The molecule has 0 amide bonds. The van der Waals surface area contributed by atoms with Crippen LogP contribution in [-0.2, 0) is 4.74 Å². The summed E-state index contributed by atoms with van der Waals surface area (Å²) in [5.74, 6) is 1.27. The van der Waals surface area contributed by atoms with Gasteiger partial charge in [0.1, 0.15) is 5.02 Å². The molecule has 0 unspecified atom stereocenters. The monoisotopic (exact) mass is 284 g/mol. The van der Waals surface area contributed by atoms with Crippen molar-refractivity contribution in [2.75, 3.05) is 30.8 Å². The number of halogens is 1. The lowest BCUT2D eigenvalue weighted by Gasteiger charge is -2.40. The third-order valence-electron chi connectivity index (χ3n) is 3.55. The number of nitrogens with one attached hydrogen (secondary N) is 2. The molecule has 0 radical (unpaired) electrons. The molecule has 0 aromatic carbocycles. The molecule has 1 aromatic rings. The fourth-order valence-corrected chi connectivity index (χ4v) is 2.24. The fraction of sp³-hybridized carbons (Fsp3) is 0.692. The molecule has 0 aliphatic heterocycles. The molecular weight excluding hydrogens is 264 g/mol. The van der Waals surface area contributed by atoms with Crippen molar-refractivity contribution in [2.45, 2.75) is 38.2 Å². The van der Waals surface area contributed by atoms with Gasteiger partial charge in [-0.2, -0.15) is 4.98 Å². The van der Waals surface area contributed by atoms with Gasteiger partial charge >= 0.3 is 0 Å². The van der Waals surface area contributed by atoms with Gasteiger partial charge in [0.05, 0.1) is 11.8 Å². The van der Waals surface area contributed by atoms with Crippen LogP contribution in [0.15, 0.2) is 6.20 Å². The molecule has 0 spiro atoms. The van der Waals surface area contributed by atoms with Gasteiger partial charge in [0, 0.05) is 20.2 Å². The van der Waals surface area contributed by atoms with Crippen molar-refractivity contribution >= 4 is 23.4 Å². The van der Waals surface area contributed by atoms with Crippen LogP contribution in [-0.4, -0.2) is 35.8 Å². The second kappa shape index (κ2) is 6.39. The third kappa shape index (κ3) is 3.48. The maximum Gasteiger partial charge on any atom is 0.224 e. The predicted molar refractivity (Wildman–Crippen MR) is 77.9 cm³/mol. The zero-order valence-corrected chi connectivity index (χ0v) is 12.3. The maximum atomic E-state index is 6.11. The Labute approximate surface area is 119 Å². The zero-order chi connectivity index (χ0) is 13.7. The Balaban J connectivity index is 1.98. The second-order valence-corrected chi connectivity index (χ2v) is 5.32. The van der Waals surface area contributed by atoms with E-state index in [4.69, 9.17) is 16.3 Å². The van der Waals surface area contributed by atoms with Crippen molar-refractivity contribution in [1.82, 2.24) is 9.97 Å². The largest absolute Gasteiger partial charge is 0.376 e. The summed E-state index contributed by atoms with van der Waals surface area (Å²) in [6.07, 6.45) is 6.04. The Kier molecular flexibility index (Phi) is 4.82. The summed E-state index contributed by atoms with van der Waals surface area (Å²) >= 11 is 6.11. The summed E-state index contributed by atoms with van der Waals surface area (Å²) in [5.41, 5.74) is -0.0503. The number of hydrogen-bond acceptors (Lipinski definition) is 5. The highest BCUT2D eigenvalue weighted by Crippen LogP contribution is 2.35. The molecular formula is C13H21ClN4O. The van der Waals surface area contributed by atoms with Crippen molar-refractivity contribution in [3.63, 3.8) is 0 Å². The lowest BCUT2D eigenvalue weighted by molar-refractivity contribution is -0.0601. The molecule has 1 aliphatic rings. The minimum Gasteiger partial charge on any atom is -0.376 e. The summed E-state index contributed by atoms with van der Waals surface area (Å²) in [7, 11) is 1.76. The highest BCUT2D eigenvalue weighted by molar-refractivity contribution is 6.32. The molecule has 0 bridgehead atoms. The van der Waals surface area contributed by atoms with E-state index in [1.807, 2.05) is 0 Å². The van der Waals surface area contributed by atoms with Gasteiger partial charge in [-0.1, -0.05) is 18.5 Å². The van der Waals surface area contributed by atoms with E-state index in [1.54, 1.807) is 13.3 Å². The number of hydrogen-bond donors (Lipinski definition) is 2. The minimum atomic E-state index is -0.0503. The molecule has 1 aliphatic carbocycles. The van der Waals surface area contributed by atoms with E-state index in [-0.39, 0.29) is 5.60 Å². The molecule has 106 valence electrons. The van der Waals surface area contributed by atoms with E-state index in [2.05, 4.69) is 27.5 Å². The molecule has 1 aromatic heterocycles. The van der Waals surface area contributed by atoms with Gasteiger partial charge in [0.15, 0.2) is 5.82 Å². The zero-order valence-electron chi connectivity index (χ0n) is 11.5. The molecule has 1 saturated carbocycles. The van der Waals surface area contributed by atoms with Gasteiger partial charge in [-0.15, -0.1) is 0 Å². The Morgan fingerprint density at radius 3 is 2.79 bits per heavy atom. The first-order valence-electron chi connectivity index (χ1n) is 6.74. The van der Waals surface area contributed by atoms with Gasteiger partial charge in [-0.3, -0.25) is 0 Å². The highest BCUT2D eigenvalue weighted by atomic mass is 35.5. The number of rotatable bonds is 7. The molecule has 0 saturated heterocycles. The number of nitrogens with zero attached hydrogens (tertiary/aromatic N) is 2. The average molecular weight is 285 g/mol. The normalized spacial score (nSPS) is 16.8. The summed E-state index contributed by atoms with van der Waals surface area (Å²) < 4.78 is 5.57. The number of ether oxygens (including phenoxy) is 1. The smallest absolute Gasteiger partial charge is 0.224 e. The Hall–Kier alpha value is -1.07. The van der Waals surface area contributed by atoms with Gasteiger partial charge < -0.3 is 15.4 Å².